The van der Waals surface area contributed by atoms with E-state index in [1.54, 1.807) is 6.33 Å². The fourth-order valence-electron chi connectivity index (χ4n) is 4.32. The number of hydrogen-bond donors (Lipinski definition) is 1. The maximum absolute atomic E-state index is 11.9. The summed E-state index contributed by atoms with van der Waals surface area (Å²) in [6, 6.07) is 0. The largest absolute Gasteiger partial charge is 0.616 e. The van der Waals surface area contributed by atoms with Crippen molar-refractivity contribution in [3.63, 3.8) is 0 Å². The van der Waals surface area contributed by atoms with Crippen LogP contribution in [0.2, 0.25) is 0 Å². The molecule has 0 radical (unpaired) electrons. The maximum atomic E-state index is 11.9. The second kappa shape index (κ2) is 8.45. The maximum Gasteiger partial charge on any atom is 0.228 e. The molecule has 0 spiro atoms. The Labute approximate surface area is 174 Å². The van der Waals surface area contributed by atoms with E-state index in [2.05, 4.69) is 30.0 Å². The van der Waals surface area contributed by atoms with E-state index in [-0.39, 0.29) is 0 Å². The molecule has 0 unspecified atom stereocenters. The van der Waals surface area contributed by atoms with Gasteiger partial charge in [-0.2, -0.15) is 4.98 Å². The van der Waals surface area contributed by atoms with Gasteiger partial charge in [0.2, 0.25) is 5.95 Å². The third-order valence-corrected chi connectivity index (χ3v) is 7.24. The molecule has 3 aliphatic heterocycles. The molecule has 0 saturated carbocycles. The first-order valence-electron chi connectivity index (χ1n) is 10.6. The average Bonchev–Trinajstić information content (AvgIpc) is 2.80. The molecule has 0 atom stereocenters. The van der Waals surface area contributed by atoms with Crippen molar-refractivity contribution < 1.29 is 4.55 Å². The number of nitrogens with one attached hydrogen (secondary N) is 1. The lowest BCUT2D eigenvalue weighted by molar-refractivity contribution is 0.573. The quantitative estimate of drug-likeness (QED) is 0.713. The number of piperazine rings is 1. The minimum atomic E-state index is -0.731. The first-order chi connectivity index (χ1) is 14.3. The van der Waals surface area contributed by atoms with Crippen LogP contribution >= 0.6 is 0 Å². The van der Waals surface area contributed by atoms with Gasteiger partial charge in [0.15, 0.2) is 11.6 Å². The molecule has 2 aromatic rings. The molecule has 3 fully saturated rings. The van der Waals surface area contributed by atoms with E-state index in [4.69, 9.17) is 9.97 Å². The normalized spacial score (nSPS) is 21.8. The third-order valence-electron chi connectivity index (χ3n) is 5.97. The molecule has 2 aromatic heterocycles. The molecular weight excluding hydrogens is 388 g/mol. The molecular formula is C19H28N8OS. The highest BCUT2D eigenvalue weighted by Gasteiger charge is 2.27. The van der Waals surface area contributed by atoms with E-state index in [0.717, 1.165) is 81.0 Å². The van der Waals surface area contributed by atoms with Gasteiger partial charge in [-0.25, -0.2) is 15.0 Å². The van der Waals surface area contributed by atoms with Gasteiger partial charge in [0.25, 0.3) is 0 Å². The van der Waals surface area contributed by atoms with Crippen molar-refractivity contribution in [2.75, 3.05) is 78.6 Å². The summed E-state index contributed by atoms with van der Waals surface area (Å²) in [7, 11) is 0. The predicted octanol–water partition coefficient (Wildman–Crippen LogP) is 0.388. The summed E-state index contributed by atoms with van der Waals surface area (Å²) in [5, 5.41) is 3.39. The Balaban J connectivity index is 1.61. The first kappa shape index (κ1) is 19.1. The SMILES string of the molecule is [O-][S+]1CCN(c2nc(N3CCNCC3)nc3c(N4CCCCC4)ncnc23)CC1. The smallest absolute Gasteiger partial charge is 0.228 e. The zero-order chi connectivity index (χ0) is 19.6. The van der Waals surface area contributed by atoms with Crippen LogP contribution < -0.4 is 20.0 Å². The number of aromatic nitrogens is 4. The van der Waals surface area contributed by atoms with Crippen LogP contribution in [0.3, 0.4) is 0 Å². The minimum Gasteiger partial charge on any atom is -0.616 e. The van der Waals surface area contributed by atoms with E-state index in [9.17, 15) is 4.55 Å². The predicted molar refractivity (Wildman–Crippen MR) is 116 cm³/mol. The molecule has 5 rings (SSSR count). The van der Waals surface area contributed by atoms with Crippen LogP contribution in [0.5, 0.6) is 0 Å². The van der Waals surface area contributed by atoms with Crippen molar-refractivity contribution in [1.29, 1.82) is 0 Å². The van der Waals surface area contributed by atoms with Gasteiger partial charge in [-0.15, -0.1) is 0 Å². The second-order valence-electron chi connectivity index (χ2n) is 7.86. The monoisotopic (exact) mass is 416 g/mol. The molecule has 156 valence electrons. The second-order valence-corrected chi connectivity index (χ2v) is 9.56. The molecule has 5 heterocycles. The van der Waals surface area contributed by atoms with Gasteiger partial charge < -0.3 is 24.6 Å². The zero-order valence-electron chi connectivity index (χ0n) is 16.7. The number of anilines is 3. The van der Waals surface area contributed by atoms with Crippen molar-refractivity contribution in [3.05, 3.63) is 6.33 Å². The van der Waals surface area contributed by atoms with Crippen molar-refractivity contribution in [2.45, 2.75) is 19.3 Å². The van der Waals surface area contributed by atoms with E-state index < -0.39 is 11.2 Å². The van der Waals surface area contributed by atoms with Gasteiger partial charge in [0.05, 0.1) is 13.1 Å². The van der Waals surface area contributed by atoms with Crippen LogP contribution in [0.15, 0.2) is 6.33 Å². The van der Waals surface area contributed by atoms with E-state index >= 15 is 0 Å². The number of fused-ring (bicyclic) bond motifs is 1. The van der Waals surface area contributed by atoms with Crippen LogP contribution in [0, 0.1) is 0 Å². The fraction of sp³-hybridized carbons (Fsp3) is 0.684. The Morgan fingerprint density at radius 1 is 0.759 bits per heavy atom. The van der Waals surface area contributed by atoms with E-state index in [0.29, 0.717) is 11.5 Å². The summed E-state index contributed by atoms with van der Waals surface area (Å²) < 4.78 is 11.9. The van der Waals surface area contributed by atoms with Crippen LogP contribution in [0.1, 0.15) is 19.3 Å². The standard InChI is InChI=1S/C19H28N8OS/c28-29-12-10-26(11-13-29)18-15-16(23-19(24-18)27-8-4-20-5-9-27)17(22-14-21-15)25-6-2-1-3-7-25/h14,20H,1-13H2. The molecule has 0 aliphatic carbocycles. The molecule has 0 bridgehead atoms. The highest BCUT2D eigenvalue weighted by atomic mass is 32.2. The number of piperidine rings is 1. The van der Waals surface area contributed by atoms with Crippen molar-refractivity contribution in [1.82, 2.24) is 25.3 Å². The molecule has 0 aromatic carbocycles. The molecule has 3 saturated heterocycles. The van der Waals surface area contributed by atoms with Gasteiger partial charge in [-0.05, 0) is 19.3 Å². The van der Waals surface area contributed by atoms with Crippen LogP contribution in [-0.2, 0) is 11.2 Å². The van der Waals surface area contributed by atoms with E-state index in [1.807, 2.05) is 0 Å². The summed E-state index contributed by atoms with van der Waals surface area (Å²) in [5.41, 5.74) is 1.66. The van der Waals surface area contributed by atoms with Crippen LogP contribution in [0.25, 0.3) is 11.0 Å². The Morgan fingerprint density at radius 2 is 1.48 bits per heavy atom. The topological polar surface area (TPSA) is 96.4 Å². The highest BCUT2D eigenvalue weighted by molar-refractivity contribution is 7.91. The Morgan fingerprint density at radius 3 is 2.24 bits per heavy atom. The fourth-order valence-corrected chi connectivity index (χ4v) is 5.37. The summed E-state index contributed by atoms with van der Waals surface area (Å²) in [4.78, 5) is 26.0. The number of rotatable bonds is 3. The number of hydrogen-bond acceptors (Lipinski definition) is 9. The molecule has 9 nitrogen and oxygen atoms in total. The highest BCUT2D eigenvalue weighted by Crippen LogP contribution is 2.31. The van der Waals surface area contributed by atoms with Gasteiger partial charge in [-0.1, -0.05) is 11.2 Å². The van der Waals surface area contributed by atoms with Crippen LogP contribution in [-0.4, -0.2) is 88.4 Å². The Hall–Kier alpha value is -1.91. The minimum absolute atomic E-state index is 0.679. The van der Waals surface area contributed by atoms with Gasteiger partial charge >= 0.3 is 0 Å². The van der Waals surface area contributed by atoms with Crippen molar-refractivity contribution >= 4 is 39.8 Å². The van der Waals surface area contributed by atoms with E-state index in [1.165, 1.54) is 19.3 Å². The Bertz CT molecular complexity index is 847. The lowest BCUT2D eigenvalue weighted by Crippen LogP contribution is -2.45. The molecule has 10 heteroatoms. The van der Waals surface area contributed by atoms with Crippen LogP contribution in [0.4, 0.5) is 17.6 Å². The lowest BCUT2D eigenvalue weighted by Gasteiger charge is -2.33. The summed E-state index contributed by atoms with van der Waals surface area (Å²) in [6.45, 7) is 7.15. The molecule has 3 aliphatic rings. The first-order valence-corrected chi connectivity index (χ1v) is 12.1. The summed E-state index contributed by atoms with van der Waals surface area (Å²) in [6.07, 6.45) is 5.29. The zero-order valence-corrected chi connectivity index (χ0v) is 17.5. The lowest BCUT2D eigenvalue weighted by atomic mass is 10.1. The molecule has 29 heavy (non-hydrogen) atoms. The number of nitrogens with zero attached hydrogens (tertiary/aromatic N) is 7. The van der Waals surface area contributed by atoms with Gasteiger partial charge in [-0.3, -0.25) is 0 Å². The van der Waals surface area contributed by atoms with Gasteiger partial charge in [0, 0.05) is 39.3 Å². The van der Waals surface area contributed by atoms with Crippen molar-refractivity contribution in [3.8, 4) is 0 Å². The molecule has 0 amide bonds. The summed E-state index contributed by atoms with van der Waals surface area (Å²) >= 11 is -0.731. The summed E-state index contributed by atoms with van der Waals surface area (Å²) in [5.74, 6) is 3.90. The van der Waals surface area contributed by atoms with Gasteiger partial charge in [0.1, 0.15) is 28.9 Å². The third kappa shape index (κ3) is 3.93. The average molecular weight is 417 g/mol. The Kier molecular flexibility index (Phi) is 5.56. The molecule has 1 N–H and O–H groups in total. The van der Waals surface area contributed by atoms with Crippen molar-refractivity contribution in [2.24, 2.45) is 0 Å².